The number of carbonyl (C=O) groups excluding carboxylic acids is 1. The first-order valence-corrected chi connectivity index (χ1v) is 7.07. The van der Waals surface area contributed by atoms with Crippen molar-refractivity contribution < 1.29 is 19.8 Å². The first kappa shape index (κ1) is 15.9. The maximum Gasteiger partial charge on any atom is 0.335 e. The van der Waals surface area contributed by atoms with Crippen LogP contribution in [-0.4, -0.2) is 46.8 Å². The highest BCUT2D eigenvalue weighted by molar-refractivity contribution is 6.40. The lowest BCUT2D eigenvalue weighted by Crippen LogP contribution is -2.33. The van der Waals surface area contributed by atoms with Crippen molar-refractivity contribution in [2.24, 2.45) is 5.92 Å². The molecule has 8 heteroatoms. The van der Waals surface area contributed by atoms with E-state index in [9.17, 15) is 9.59 Å². The van der Waals surface area contributed by atoms with Gasteiger partial charge in [-0.05, 0) is 18.6 Å². The maximum absolute atomic E-state index is 12.1. The van der Waals surface area contributed by atoms with Crippen LogP contribution in [0.3, 0.4) is 0 Å². The van der Waals surface area contributed by atoms with E-state index in [1.807, 2.05) is 0 Å². The third kappa shape index (κ3) is 3.58. The number of carboxylic acid groups (broad SMARTS) is 1. The number of likely N-dealkylation sites (tertiary alicyclic amines) is 1. The number of carboxylic acids is 1. The van der Waals surface area contributed by atoms with Crippen molar-refractivity contribution in [3.63, 3.8) is 0 Å². The van der Waals surface area contributed by atoms with Gasteiger partial charge in [0, 0.05) is 25.6 Å². The van der Waals surface area contributed by atoms with Crippen LogP contribution in [-0.2, 0) is 0 Å². The molecule has 114 valence electrons. The summed E-state index contributed by atoms with van der Waals surface area (Å²) in [5, 5.41) is 20.7. The first-order valence-electron chi connectivity index (χ1n) is 6.31. The number of benzene rings is 1. The van der Waals surface area contributed by atoms with Gasteiger partial charge in [-0.2, -0.15) is 0 Å². The molecule has 1 aromatic carbocycles. The van der Waals surface area contributed by atoms with E-state index in [2.05, 4.69) is 5.32 Å². The van der Waals surface area contributed by atoms with Gasteiger partial charge in [0.15, 0.2) is 0 Å². The summed E-state index contributed by atoms with van der Waals surface area (Å²) in [6.45, 7) is 1.04. The minimum atomic E-state index is -1.15. The highest BCUT2D eigenvalue weighted by Gasteiger charge is 2.26. The van der Waals surface area contributed by atoms with Crippen molar-refractivity contribution in [2.75, 3.05) is 25.0 Å². The van der Waals surface area contributed by atoms with E-state index in [1.165, 1.54) is 12.1 Å². The van der Waals surface area contributed by atoms with Crippen molar-refractivity contribution in [3.8, 4) is 0 Å². The second kappa shape index (κ2) is 6.51. The molecule has 0 saturated carbocycles. The van der Waals surface area contributed by atoms with Crippen LogP contribution in [0.4, 0.5) is 10.5 Å². The number of hydrogen-bond donors (Lipinski definition) is 3. The number of anilines is 1. The van der Waals surface area contributed by atoms with Crippen molar-refractivity contribution in [1.29, 1.82) is 0 Å². The smallest absolute Gasteiger partial charge is 0.335 e. The van der Waals surface area contributed by atoms with Crippen LogP contribution in [0, 0.1) is 5.92 Å². The largest absolute Gasteiger partial charge is 0.478 e. The number of nitrogens with one attached hydrogen (secondary N) is 1. The van der Waals surface area contributed by atoms with Crippen molar-refractivity contribution in [1.82, 2.24) is 4.90 Å². The normalized spacial score (nSPS) is 17.9. The number of nitrogens with zero attached hydrogens (tertiary/aromatic N) is 1. The summed E-state index contributed by atoms with van der Waals surface area (Å²) in [5.74, 6) is -1.07. The van der Waals surface area contributed by atoms with Crippen molar-refractivity contribution in [3.05, 3.63) is 27.7 Å². The van der Waals surface area contributed by atoms with Gasteiger partial charge in [0.1, 0.15) is 0 Å². The van der Waals surface area contributed by atoms with Gasteiger partial charge in [0.2, 0.25) is 0 Å². The summed E-state index contributed by atoms with van der Waals surface area (Å²) in [4.78, 5) is 24.5. The van der Waals surface area contributed by atoms with Crippen molar-refractivity contribution >= 4 is 40.9 Å². The molecule has 6 nitrogen and oxygen atoms in total. The highest BCUT2D eigenvalue weighted by Crippen LogP contribution is 2.32. The molecule has 2 rings (SSSR count). The topological polar surface area (TPSA) is 89.9 Å². The van der Waals surface area contributed by atoms with E-state index >= 15 is 0 Å². The molecule has 1 unspecified atom stereocenters. The Kier molecular flexibility index (Phi) is 4.92. The molecule has 0 aromatic heterocycles. The van der Waals surface area contributed by atoms with Gasteiger partial charge in [-0.1, -0.05) is 23.2 Å². The fraction of sp³-hybridized carbons (Fsp3) is 0.385. The van der Waals surface area contributed by atoms with Gasteiger partial charge >= 0.3 is 12.0 Å². The Bertz CT molecular complexity index is 556. The third-order valence-electron chi connectivity index (χ3n) is 3.35. The number of rotatable bonds is 3. The number of amides is 2. The standard InChI is InChI=1S/C13H14Cl2N2O4/c14-9-3-8(12(19)20)4-10(15)11(9)16-13(21)17-2-1-7(5-17)6-18/h3-4,7,18H,1-2,5-6H2,(H,16,21)(H,19,20). The maximum atomic E-state index is 12.1. The lowest BCUT2D eigenvalue weighted by atomic mass is 10.1. The van der Waals surface area contributed by atoms with Gasteiger partial charge in [0.05, 0.1) is 21.3 Å². The molecule has 1 fully saturated rings. The molecule has 1 aliphatic rings. The number of hydrogen-bond acceptors (Lipinski definition) is 3. The van der Waals surface area contributed by atoms with Gasteiger partial charge < -0.3 is 20.4 Å². The molecule has 1 aromatic rings. The second-order valence-corrected chi connectivity index (χ2v) is 5.65. The summed E-state index contributed by atoms with van der Waals surface area (Å²) in [6, 6.07) is 2.08. The summed E-state index contributed by atoms with van der Waals surface area (Å²) in [5.41, 5.74) is 0.130. The molecule has 1 aliphatic heterocycles. The van der Waals surface area contributed by atoms with Crippen LogP contribution in [0.25, 0.3) is 0 Å². The summed E-state index contributed by atoms with van der Waals surface area (Å²) >= 11 is 11.9. The highest BCUT2D eigenvalue weighted by atomic mass is 35.5. The van der Waals surface area contributed by atoms with Crippen LogP contribution in [0.1, 0.15) is 16.8 Å². The monoisotopic (exact) mass is 332 g/mol. The van der Waals surface area contributed by atoms with E-state index in [1.54, 1.807) is 4.90 Å². The molecule has 3 N–H and O–H groups in total. The number of urea groups is 1. The van der Waals surface area contributed by atoms with Crippen LogP contribution >= 0.6 is 23.2 Å². The fourth-order valence-corrected chi connectivity index (χ4v) is 2.75. The fourth-order valence-electron chi connectivity index (χ4n) is 2.17. The Labute approximate surface area is 131 Å². The molecule has 0 radical (unpaired) electrons. The number of aliphatic hydroxyl groups excluding tert-OH is 1. The minimum Gasteiger partial charge on any atom is -0.478 e. The summed E-state index contributed by atoms with van der Waals surface area (Å²) in [7, 11) is 0. The molecular formula is C13H14Cl2N2O4. The molecule has 2 amide bonds. The second-order valence-electron chi connectivity index (χ2n) is 4.83. The summed E-state index contributed by atoms with van der Waals surface area (Å²) < 4.78 is 0. The molecule has 21 heavy (non-hydrogen) atoms. The molecule has 1 heterocycles. The minimum absolute atomic E-state index is 0.0403. The molecule has 0 bridgehead atoms. The van der Waals surface area contributed by atoms with E-state index in [0.717, 1.165) is 6.42 Å². The number of carbonyl (C=O) groups is 2. The summed E-state index contributed by atoms with van der Waals surface area (Å²) in [6.07, 6.45) is 0.739. The number of aromatic carboxylic acids is 1. The van der Waals surface area contributed by atoms with Gasteiger partial charge in [0.25, 0.3) is 0 Å². The Morgan fingerprint density at radius 2 is 1.95 bits per heavy atom. The predicted molar refractivity (Wildman–Crippen MR) is 79.2 cm³/mol. The van der Waals surface area contributed by atoms with Crippen molar-refractivity contribution in [2.45, 2.75) is 6.42 Å². The van der Waals surface area contributed by atoms with Gasteiger partial charge in [-0.3, -0.25) is 0 Å². The molecule has 1 atom stereocenters. The number of aliphatic hydroxyl groups is 1. The molecular weight excluding hydrogens is 319 g/mol. The molecule has 0 spiro atoms. The lowest BCUT2D eigenvalue weighted by Gasteiger charge is -2.18. The molecule has 1 saturated heterocycles. The Morgan fingerprint density at radius 3 is 2.43 bits per heavy atom. The van der Waals surface area contributed by atoms with E-state index in [4.69, 9.17) is 33.4 Å². The predicted octanol–water partition coefficient (Wildman–Crippen LogP) is 2.54. The van der Waals surface area contributed by atoms with Crippen LogP contribution < -0.4 is 5.32 Å². The van der Waals surface area contributed by atoms with Gasteiger partial charge in [-0.25, -0.2) is 9.59 Å². The van der Waals surface area contributed by atoms with Gasteiger partial charge in [-0.15, -0.1) is 0 Å². The van der Waals surface area contributed by atoms with E-state index < -0.39 is 5.97 Å². The van der Waals surface area contributed by atoms with Crippen LogP contribution in [0.5, 0.6) is 0 Å². The Morgan fingerprint density at radius 1 is 1.33 bits per heavy atom. The Hall–Kier alpha value is -1.50. The quantitative estimate of drug-likeness (QED) is 0.793. The SMILES string of the molecule is O=C(O)c1cc(Cl)c(NC(=O)N2CCC(CO)C2)c(Cl)c1. The van der Waals surface area contributed by atoms with Crippen LogP contribution in [0.15, 0.2) is 12.1 Å². The zero-order chi connectivity index (χ0) is 15.6. The zero-order valence-corrected chi connectivity index (χ0v) is 12.5. The lowest BCUT2D eigenvalue weighted by molar-refractivity contribution is 0.0697. The molecule has 0 aliphatic carbocycles. The zero-order valence-electron chi connectivity index (χ0n) is 11.0. The number of halogens is 2. The van der Waals surface area contributed by atoms with E-state index in [0.29, 0.717) is 13.1 Å². The van der Waals surface area contributed by atoms with E-state index in [-0.39, 0.29) is 39.9 Å². The Balaban J connectivity index is 2.13. The third-order valence-corrected chi connectivity index (χ3v) is 3.95. The average molecular weight is 333 g/mol. The first-order chi connectivity index (χ1) is 9.92. The average Bonchev–Trinajstić information content (AvgIpc) is 2.91. The van der Waals surface area contributed by atoms with Crippen LogP contribution in [0.2, 0.25) is 10.0 Å².